The summed E-state index contributed by atoms with van der Waals surface area (Å²) in [6.07, 6.45) is 0.994. The predicted octanol–water partition coefficient (Wildman–Crippen LogP) is 5.38. The molecule has 1 unspecified atom stereocenters. The third-order valence-electron chi connectivity index (χ3n) is 5.79. The van der Waals surface area contributed by atoms with Gasteiger partial charge in [0.1, 0.15) is 18.2 Å². The molecule has 1 atom stereocenters. The zero-order chi connectivity index (χ0) is 22.3. The number of nitrogens with zero attached hydrogens (tertiary/aromatic N) is 1. The van der Waals surface area contributed by atoms with Crippen molar-refractivity contribution < 1.29 is 19.0 Å². The number of benzene rings is 3. The van der Waals surface area contributed by atoms with Gasteiger partial charge in [0.15, 0.2) is 0 Å². The van der Waals surface area contributed by atoms with Crippen LogP contribution in [0.1, 0.15) is 30.1 Å². The predicted molar refractivity (Wildman–Crippen MR) is 122 cm³/mol. The van der Waals surface area contributed by atoms with Gasteiger partial charge >= 0.3 is 6.03 Å². The molecular formula is C26H27FN2O3. The molecule has 0 bridgehead atoms. The first-order valence-corrected chi connectivity index (χ1v) is 10.8. The molecule has 2 N–H and O–H groups in total. The van der Waals surface area contributed by atoms with Gasteiger partial charge in [0.05, 0.1) is 6.10 Å². The number of nitrogens with one attached hydrogen (secondary N) is 1. The van der Waals surface area contributed by atoms with E-state index < -0.39 is 6.10 Å². The molecule has 0 aliphatic carbocycles. The van der Waals surface area contributed by atoms with Gasteiger partial charge < -0.3 is 20.1 Å². The topological polar surface area (TPSA) is 61.8 Å². The van der Waals surface area contributed by atoms with Gasteiger partial charge in [0, 0.05) is 24.8 Å². The second kappa shape index (κ2) is 10.3. The molecular weight excluding hydrogens is 407 g/mol. The van der Waals surface area contributed by atoms with Gasteiger partial charge in [-0.1, -0.05) is 48.5 Å². The SMILES string of the molecule is O=C(Nc1cccc(OCc2cccc(F)c2)c1)N1CCC(C(O)c2ccccc2)CC1. The van der Waals surface area contributed by atoms with Gasteiger partial charge in [-0.3, -0.25) is 0 Å². The Morgan fingerprint density at radius 2 is 1.78 bits per heavy atom. The average molecular weight is 435 g/mol. The number of aliphatic hydroxyl groups is 1. The van der Waals surface area contributed by atoms with E-state index in [0.29, 0.717) is 24.5 Å². The summed E-state index contributed by atoms with van der Waals surface area (Å²) in [7, 11) is 0. The van der Waals surface area contributed by atoms with E-state index in [1.54, 1.807) is 41.3 Å². The number of likely N-dealkylation sites (tertiary alicyclic amines) is 1. The number of aliphatic hydroxyl groups excluding tert-OH is 1. The van der Waals surface area contributed by atoms with E-state index in [1.807, 2.05) is 30.3 Å². The van der Waals surface area contributed by atoms with Crippen LogP contribution in [-0.4, -0.2) is 29.1 Å². The fourth-order valence-corrected chi connectivity index (χ4v) is 4.00. The molecule has 2 amide bonds. The molecule has 1 fully saturated rings. The average Bonchev–Trinajstić information content (AvgIpc) is 2.83. The van der Waals surface area contributed by atoms with E-state index in [9.17, 15) is 14.3 Å². The Hall–Kier alpha value is -3.38. The molecule has 0 aromatic heterocycles. The van der Waals surface area contributed by atoms with Gasteiger partial charge in [0.2, 0.25) is 0 Å². The normalized spacial score (nSPS) is 15.2. The van der Waals surface area contributed by atoms with E-state index in [0.717, 1.165) is 24.0 Å². The fourth-order valence-electron chi connectivity index (χ4n) is 4.00. The molecule has 4 rings (SSSR count). The Morgan fingerprint density at radius 1 is 1.03 bits per heavy atom. The maximum absolute atomic E-state index is 13.3. The highest BCUT2D eigenvalue weighted by Gasteiger charge is 2.28. The first-order valence-electron chi connectivity index (χ1n) is 10.8. The molecule has 1 aliphatic heterocycles. The van der Waals surface area contributed by atoms with Gasteiger partial charge in [-0.25, -0.2) is 9.18 Å². The minimum atomic E-state index is -0.506. The highest BCUT2D eigenvalue weighted by atomic mass is 19.1. The standard InChI is InChI=1S/C26H27FN2O3/c27-22-9-4-6-19(16-22)18-32-24-11-5-10-23(17-24)28-26(31)29-14-12-21(13-15-29)25(30)20-7-2-1-3-8-20/h1-11,16-17,21,25,30H,12-15,18H2,(H,28,31). The van der Waals surface area contributed by atoms with Crippen LogP contribution in [-0.2, 0) is 6.61 Å². The van der Waals surface area contributed by atoms with Crippen LogP contribution < -0.4 is 10.1 Å². The Bertz CT molecular complexity index is 1040. The third-order valence-corrected chi connectivity index (χ3v) is 5.79. The van der Waals surface area contributed by atoms with Gasteiger partial charge in [0.25, 0.3) is 0 Å². The van der Waals surface area contributed by atoms with Gasteiger partial charge in [-0.05, 0) is 54.2 Å². The van der Waals surface area contributed by atoms with Crippen molar-refractivity contribution in [1.29, 1.82) is 0 Å². The molecule has 0 saturated carbocycles. The Morgan fingerprint density at radius 3 is 2.53 bits per heavy atom. The van der Waals surface area contributed by atoms with Crippen LogP contribution >= 0.6 is 0 Å². The highest BCUT2D eigenvalue weighted by Crippen LogP contribution is 2.31. The maximum Gasteiger partial charge on any atom is 0.321 e. The van der Waals surface area contributed by atoms with Crippen molar-refractivity contribution in [3.63, 3.8) is 0 Å². The number of hydrogen-bond acceptors (Lipinski definition) is 3. The van der Waals surface area contributed by atoms with Crippen molar-refractivity contribution in [2.24, 2.45) is 5.92 Å². The second-order valence-electron chi connectivity index (χ2n) is 8.06. The smallest absolute Gasteiger partial charge is 0.321 e. The van der Waals surface area contributed by atoms with Crippen molar-refractivity contribution in [2.75, 3.05) is 18.4 Å². The van der Waals surface area contributed by atoms with E-state index in [4.69, 9.17) is 4.74 Å². The minimum Gasteiger partial charge on any atom is -0.489 e. The molecule has 1 saturated heterocycles. The lowest BCUT2D eigenvalue weighted by molar-refractivity contribution is 0.0683. The van der Waals surface area contributed by atoms with E-state index in [-0.39, 0.29) is 24.4 Å². The molecule has 3 aromatic carbocycles. The van der Waals surface area contributed by atoms with Crippen molar-refractivity contribution in [1.82, 2.24) is 4.90 Å². The second-order valence-corrected chi connectivity index (χ2v) is 8.06. The summed E-state index contributed by atoms with van der Waals surface area (Å²) in [4.78, 5) is 14.5. The molecule has 0 radical (unpaired) electrons. The largest absolute Gasteiger partial charge is 0.489 e. The fraction of sp³-hybridized carbons (Fsp3) is 0.269. The molecule has 5 nitrogen and oxygen atoms in total. The molecule has 6 heteroatoms. The Kier molecular flexibility index (Phi) is 7.02. The summed E-state index contributed by atoms with van der Waals surface area (Å²) >= 11 is 0. The number of carbonyl (C=O) groups is 1. The monoisotopic (exact) mass is 434 g/mol. The Balaban J connectivity index is 1.28. The molecule has 1 aliphatic rings. The molecule has 32 heavy (non-hydrogen) atoms. The highest BCUT2D eigenvalue weighted by molar-refractivity contribution is 5.89. The number of ether oxygens (including phenoxy) is 1. The lowest BCUT2D eigenvalue weighted by Crippen LogP contribution is -2.42. The number of piperidine rings is 1. The van der Waals surface area contributed by atoms with Gasteiger partial charge in [-0.15, -0.1) is 0 Å². The molecule has 1 heterocycles. The van der Waals surface area contributed by atoms with Crippen LogP contribution in [0.4, 0.5) is 14.9 Å². The van der Waals surface area contributed by atoms with Gasteiger partial charge in [-0.2, -0.15) is 0 Å². The summed E-state index contributed by atoms with van der Waals surface area (Å²) in [5.41, 5.74) is 2.30. The van der Waals surface area contributed by atoms with Crippen LogP contribution in [0.3, 0.4) is 0 Å². The number of amides is 2. The van der Waals surface area contributed by atoms with E-state index in [2.05, 4.69) is 5.32 Å². The summed E-state index contributed by atoms with van der Waals surface area (Å²) in [5.74, 6) is 0.435. The summed E-state index contributed by atoms with van der Waals surface area (Å²) in [6.45, 7) is 1.43. The zero-order valence-electron chi connectivity index (χ0n) is 17.8. The summed E-state index contributed by atoms with van der Waals surface area (Å²) in [6, 6.07) is 22.9. The minimum absolute atomic E-state index is 0.140. The van der Waals surface area contributed by atoms with Crippen molar-refractivity contribution in [3.8, 4) is 5.75 Å². The van der Waals surface area contributed by atoms with Crippen molar-refractivity contribution in [2.45, 2.75) is 25.6 Å². The summed E-state index contributed by atoms with van der Waals surface area (Å²) in [5, 5.41) is 13.5. The first kappa shape index (κ1) is 21.8. The third kappa shape index (κ3) is 5.65. The number of halogens is 1. The maximum atomic E-state index is 13.3. The van der Waals surface area contributed by atoms with Crippen LogP contribution in [0.2, 0.25) is 0 Å². The first-order chi connectivity index (χ1) is 15.6. The molecule has 0 spiro atoms. The lowest BCUT2D eigenvalue weighted by Gasteiger charge is -2.34. The zero-order valence-corrected chi connectivity index (χ0v) is 17.8. The van der Waals surface area contributed by atoms with Crippen LogP contribution in [0, 0.1) is 11.7 Å². The van der Waals surface area contributed by atoms with Crippen molar-refractivity contribution in [3.05, 3.63) is 95.8 Å². The lowest BCUT2D eigenvalue weighted by atomic mass is 9.87. The number of rotatable bonds is 6. The van der Waals surface area contributed by atoms with E-state index in [1.165, 1.54) is 12.1 Å². The van der Waals surface area contributed by atoms with Crippen LogP contribution in [0.25, 0.3) is 0 Å². The van der Waals surface area contributed by atoms with Crippen LogP contribution in [0.5, 0.6) is 5.75 Å². The van der Waals surface area contributed by atoms with E-state index >= 15 is 0 Å². The molecule has 166 valence electrons. The number of anilines is 1. The number of urea groups is 1. The number of carbonyl (C=O) groups excluding carboxylic acids is 1. The van der Waals surface area contributed by atoms with Crippen molar-refractivity contribution >= 4 is 11.7 Å². The van der Waals surface area contributed by atoms with Crippen LogP contribution in [0.15, 0.2) is 78.9 Å². The quantitative estimate of drug-likeness (QED) is 0.547. The Labute approximate surface area is 187 Å². The number of hydrogen-bond donors (Lipinski definition) is 2. The molecule has 3 aromatic rings. The summed E-state index contributed by atoms with van der Waals surface area (Å²) < 4.78 is 19.0.